The van der Waals surface area contributed by atoms with Crippen molar-refractivity contribution in [1.29, 1.82) is 0 Å². The second-order valence-corrected chi connectivity index (χ2v) is 8.32. The van der Waals surface area contributed by atoms with Gasteiger partial charge < -0.3 is 9.64 Å². The van der Waals surface area contributed by atoms with Crippen molar-refractivity contribution >= 4 is 21.4 Å². The molecule has 6 heteroatoms. The summed E-state index contributed by atoms with van der Waals surface area (Å²) in [6, 6.07) is 24.2. The molecular formula is C22H22N2O3S. The molecule has 0 amide bonds. The highest BCUT2D eigenvalue weighted by molar-refractivity contribution is 7.92. The molecule has 144 valence electrons. The molecule has 0 bridgehead atoms. The predicted octanol–water partition coefficient (Wildman–Crippen LogP) is 3.99. The van der Waals surface area contributed by atoms with Gasteiger partial charge in [-0.3, -0.25) is 4.72 Å². The standard InChI is InChI=1S/C22H22N2O3S/c25-28(26,22-12-6-19(7-13-22)18-4-2-1-3-5-18)23-20-8-10-21(11-9-20)24-14-16-27-17-15-24/h1-13,23H,14-17H2. The zero-order valence-corrected chi connectivity index (χ0v) is 16.2. The van der Waals surface area contributed by atoms with E-state index in [1.807, 2.05) is 54.6 Å². The summed E-state index contributed by atoms with van der Waals surface area (Å²) in [6.07, 6.45) is 0. The lowest BCUT2D eigenvalue weighted by Crippen LogP contribution is -2.36. The molecule has 0 aromatic heterocycles. The molecule has 0 saturated carbocycles. The molecule has 0 radical (unpaired) electrons. The van der Waals surface area contributed by atoms with Crippen molar-refractivity contribution in [2.24, 2.45) is 0 Å². The van der Waals surface area contributed by atoms with Crippen LogP contribution in [-0.2, 0) is 14.8 Å². The average molecular weight is 394 g/mol. The van der Waals surface area contributed by atoms with Crippen LogP contribution < -0.4 is 9.62 Å². The molecule has 4 rings (SSSR count). The van der Waals surface area contributed by atoms with Crippen molar-refractivity contribution in [3.8, 4) is 11.1 Å². The highest BCUT2D eigenvalue weighted by Gasteiger charge is 2.15. The van der Waals surface area contributed by atoms with E-state index in [1.54, 1.807) is 24.3 Å². The number of nitrogens with one attached hydrogen (secondary N) is 1. The molecule has 0 aliphatic carbocycles. The summed E-state index contributed by atoms with van der Waals surface area (Å²) in [5, 5.41) is 0. The Kier molecular flexibility index (Phi) is 5.32. The maximum Gasteiger partial charge on any atom is 0.261 e. The van der Waals surface area contributed by atoms with Crippen molar-refractivity contribution in [3.63, 3.8) is 0 Å². The van der Waals surface area contributed by atoms with E-state index < -0.39 is 10.0 Å². The lowest BCUT2D eigenvalue weighted by Gasteiger charge is -2.28. The Balaban J connectivity index is 1.48. The fourth-order valence-electron chi connectivity index (χ4n) is 3.23. The van der Waals surface area contributed by atoms with Gasteiger partial charge in [0.25, 0.3) is 10.0 Å². The lowest BCUT2D eigenvalue weighted by atomic mass is 10.1. The Morgan fingerprint density at radius 3 is 2.00 bits per heavy atom. The summed E-state index contributed by atoms with van der Waals surface area (Å²) >= 11 is 0. The summed E-state index contributed by atoms with van der Waals surface area (Å²) in [6.45, 7) is 3.12. The molecule has 3 aromatic carbocycles. The molecule has 1 aliphatic rings. The first kappa shape index (κ1) is 18.5. The Hall–Kier alpha value is -2.83. The van der Waals surface area contributed by atoms with Gasteiger partial charge in [0.05, 0.1) is 18.1 Å². The topological polar surface area (TPSA) is 58.6 Å². The number of benzene rings is 3. The van der Waals surface area contributed by atoms with Crippen molar-refractivity contribution in [2.75, 3.05) is 35.9 Å². The van der Waals surface area contributed by atoms with E-state index >= 15 is 0 Å². The largest absolute Gasteiger partial charge is 0.378 e. The maximum atomic E-state index is 12.7. The number of morpholine rings is 1. The van der Waals surface area contributed by atoms with Gasteiger partial charge in [0.1, 0.15) is 0 Å². The van der Waals surface area contributed by atoms with Gasteiger partial charge in [-0.2, -0.15) is 0 Å². The third-order valence-electron chi connectivity index (χ3n) is 4.77. The Bertz CT molecular complexity index is 1010. The second kappa shape index (κ2) is 8.04. The summed E-state index contributed by atoms with van der Waals surface area (Å²) in [5.74, 6) is 0. The number of rotatable bonds is 5. The van der Waals surface area contributed by atoms with Crippen molar-refractivity contribution in [2.45, 2.75) is 4.90 Å². The van der Waals surface area contributed by atoms with E-state index in [-0.39, 0.29) is 4.90 Å². The summed E-state index contributed by atoms with van der Waals surface area (Å²) in [4.78, 5) is 2.47. The second-order valence-electron chi connectivity index (χ2n) is 6.64. The number of hydrogen-bond donors (Lipinski definition) is 1. The van der Waals surface area contributed by atoms with Gasteiger partial charge in [-0.25, -0.2) is 8.42 Å². The molecule has 0 atom stereocenters. The number of nitrogens with zero attached hydrogens (tertiary/aromatic N) is 1. The predicted molar refractivity (Wildman–Crippen MR) is 112 cm³/mol. The molecular weight excluding hydrogens is 372 g/mol. The third-order valence-corrected chi connectivity index (χ3v) is 6.16. The van der Waals surface area contributed by atoms with E-state index in [0.29, 0.717) is 18.9 Å². The van der Waals surface area contributed by atoms with Crippen LogP contribution in [0, 0.1) is 0 Å². The highest BCUT2D eigenvalue weighted by atomic mass is 32.2. The fraction of sp³-hybridized carbons (Fsp3) is 0.182. The van der Waals surface area contributed by atoms with Crippen molar-refractivity contribution in [3.05, 3.63) is 78.9 Å². The minimum absolute atomic E-state index is 0.240. The Labute approximate surface area is 165 Å². The Morgan fingerprint density at radius 2 is 1.36 bits per heavy atom. The quantitative estimate of drug-likeness (QED) is 0.711. The van der Waals surface area contributed by atoms with Crippen LogP contribution in [-0.4, -0.2) is 34.7 Å². The van der Waals surface area contributed by atoms with Crippen LogP contribution in [0.25, 0.3) is 11.1 Å². The van der Waals surface area contributed by atoms with E-state index in [1.165, 1.54) is 0 Å². The van der Waals surface area contributed by atoms with Crippen LogP contribution in [0.4, 0.5) is 11.4 Å². The molecule has 1 N–H and O–H groups in total. The van der Waals surface area contributed by atoms with Crippen LogP contribution in [0.2, 0.25) is 0 Å². The van der Waals surface area contributed by atoms with Crippen LogP contribution in [0.5, 0.6) is 0 Å². The molecule has 1 saturated heterocycles. The van der Waals surface area contributed by atoms with Gasteiger partial charge in [0.2, 0.25) is 0 Å². The SMILES string of the molecule is O=S(=O)(Nc1ccc(N2CCOCC2)cc1)c1ccc(-c2ccccc2)cc1. The van der Waals surface area contributed by atoms with Gasteiger partial charge in [-0.1, -0.05) is 42.5 Å². The number of ether oxygens (including phenoxy) is 1. The number of hydrogen-bond acceptors (Lipinski definition) is 4. The Morgan fingerprint density at radius 1 is 0.750 bits per heavy atom. The van der Waals surface area contributed by atoms with Gasteiger partial charge in [-0.15, -0.1) is 0 Å². The molecule has 1 fully saturated rings. The van der Waals surface area contributed by atoms with Crippen LogP contribution in [0.1, 0.15) is 0 Å². The third kappa shape index (κ3) is 4.18. The molecule has 5 nitrogen and oxygen atoms in total. The first-order chi connectivity index (χ1) is 13.6. The first-order valence-electron chi connectivity index (χ1n) is 9.23. The van der Waals surface area contributed by atoms with E-state index in [2.05, 4.69) is 9.62 Å². The molecule has 3 aromatic rings. The van der Waals surface area contributed by atoms with Gasteiger partial charge in [0.15, 0.2) is 0 Å². The first-order valence-corrected chi connectivity index (χ1v) is 10.7. The van der Waals surface area contributed by atoms with Gasteiger partial charge in [-0.05, 0) is 47.5 Å². The van der Waals surface area contributed by atoms with Gasteiger partial charge in [0, 0.05) is 24.5 Å². The van der Waals surface area contributed by atoms with E-state index in [4.69, 9.17) is 4.74 Å². The van der Waals surface area contributed by atoms with E-state index in [0.717, 1.165) is 29.9 Å². The smallest absolute Gasteiger partial charge is 0.261 e. The molecule has 1 heterocycles. The highest BCUT2D eigenvalue weighted by Crippen LogP contribution is 2.24. The lowest BCUT2D eigenvalue weighted by molar-refractivity contribution is 0.122. The van der Waals surface area contributed by atoms with Crippen molar-refractivity contribution < 1.29 is 13.2 Å². The summed E-state index contributed by atoms with van der Waals surface area (Å²) < 4.78 is 33.4. The van der Waals surface area contributed by atoms with Crippen LogP contribution >= 0.6 is 0 Å². The maximum absolute atomic E-state index is 12.7. The average Bonchev–Trinajstić information content (AvgIpc) is 2.75. The molecule has 0 spiro atoms. The van der Waals surface area contributed by atoms with Crippen LogP contribution in [0.15, 0.2) is 83.8 Å². The zero-order valence-electron chi connectivity index (χ0n) is 15.4. The molecule has 28 heavy (non-hydrogen) atoms. The normalized spacial score (nSPS) is 14.6. The van der Waals surface area contributed by atoms with E-state index in [9.17, 15) is 8.42 Å². The monoisotopic (exact) mass is 394 g/mol. The van der Waals surface area contributed by atoms with Gasteiger partial charge >= 0.3 is 0 Å². The number of anilines is 2. The molecule has 0 unspecified atom stereocenters. The molecule has 1 aliphatic heterocycles. The zero-order chi connectivity index (χ0) is 19.4. The minimum atomic E-state index is -3.63. The van der Waals surface area contributed by atoms with Crippen LogP contribution in [0.3, 0.4) is 0 Å². The fourth-order valence-corrected chi connectivity index (χ4v) is 4.29. The number of sulfonamides is 1. The van der Waals surface area contributed by atoms with Crippen molar-refractivity contribution in [1.82, 2.24) is 0 Å². The summed E-state index contributed by atoms with van der Waals surface area (Å²) in [7, 11) is -3.63. The summed E-state index contributed by atoms with van der Waals surface area (Å²) in [5.41, 5.74) is 3.65. The minimum Gasteiger partial charge on any atom is -0.378 e.